The van der Waals surface area contributed by atoms with E-state index in [1.807, 2.05) is 32.2 Å². The van der Waals surface area contributed by atoms with E-state index in [2.05, 4.69) is 30.5 Å². The molecule has 2 N–H and O–H groups in total. The van der Waals surface area contributed by atoms with Crippen LogP contribution in [0.5, 0.6) is 0 Å². The number of hydrogen-bond acceptors (Lipinski definition) is 6. The van der Waals surface area contributed by atoms with Gasteiger partial charge in [-0.3, -0.25) is 4.79 Å². The predicted molar refractivity (Wildman–Crippen MR) is 114 cm³/mol. The molecule has 1 aliphatic carbocycles. The Morgan fingerprint density at radius 1 is 1.07 bits per heavy atom. The number of fused-ring (bicyclic) bond motifs is 1. The average Bonchev–Trinajstić information content (AvgIpc) is 3.36. The Morgan fingerprint density at radius 3 is 2.67 bits per heavy atom. The molecule has 5 rings (SSSR count). The number of aromatic amines is 1. The molecule has 4 heterocycles. The molecule has 154 valence electrons. The molecule has 0 amide bonds. The first-order chi connectivity index (χ1) is 14.6. The van der Waals surface area contributed by atoms with Gasteiger partial charge >= 0.3 is 0 Å². The minimum Gasteiger partial charge on any atom is -0.367 e. The first kappa shape index (κ1) is 18.5. The van der Waals surface area contributed by atoms with Gasteiger partial charge in [-0.15, -0.1) is 5.10 Å². The molecule has 30 heavy (non-hydrogen) atoms. The van der Waals surface area contributed by atoms with Gasteiger partial charge in [-0.05, 0) is 57.7 Å². The predicted octanol–water partition coefficient (Wildman–Crippen LogP) is 2.91. The van der Waals surface area contributed by atoms with Crippen molar-refractivity contribution >= 4 is 16.9 Å². The molecule has 0 aromatic carbocycles. The van der Waals surface area contributed by atoms with Crippen LogP contribution in [-0.2, 0) is 0 Å². The third kappa shape index (κ3) is 3.36. The van der Waals surface area contributed by atoms with E-state index in [1.54, 1.807) is 27.8 Å². The molecular weight excluding hydrogens is 380 g/mol. The fourth-order valence-corrected chi connectivity index (χ4v) is 4.30. The van der Waals surface area contributed by atoms with Gasteiger partial charge in [0, 0.05) is 24.0 Å². The normalized spacial score (nSPS) is 19.3. The van der Waals surface area contributed by atoms with Gasteiger partial charge in [0.1, 0.15) is 17.8 Å². The van der Waals surface area contributed by atoms with Crippen molar-refractivity contribution < 1.29 is 0 Å². The third-order valence-electron chi connectivity index (χ3n) is 5.77. The van der Waals surface area contributed by atoms with E-state index in [-0.39, 0.29) is 11.6 Å². The Balaban J connectivity index is 1.32. The number of nitrogens with zero attached hydrogens (tertiary/aromatic N) is 6. The first-order valence-electron chi connectivity index (χ1n) is 10.3. The van der Waals surface area contributed by atoms with Crippen molar-refractivity contribution in [2.75, 3.05) is 5.32 Å². The smallest absolute Gasteiger partial charge is 0.267 e. The number of aromatic nitrogens is 7. The second-order valence-electron chi connectivity index (χ2n) is 7.93. The Hall–Kier alpha value is -3.49. The Kier molecular flexibility index (Phi) is 4.57. The summed E-state index contributed by atoms with van der Waals surface area (Å²) >= 11 is 0. The second kappa shape index (κ2) is 7.40. The van der Waals surface area contributed by atoms with Crippen molar-refractivity contribution in [1.82, 2.24) is 34.5 Å². The van der Waals surface area contributed by atoms with Crippen LogP contribution in [0.4, 0.5) is 5.82 Å². The van der Waals surface area contributed by atoms with Gasteiger partial charge < -0.3 is 10.3 Å². The second-order valence-corrected chi connectivity index (χ2v) is 7.93. The summed E-state index contributed by atoms with van der Waals surface area (Å²) in [5.41, 5.74) is 2.69. The van der Waals surface area contributed by atoms with E-state index in [9.17, 15) is 4.79 Å². The monoisotopic (exact) mass is 404 g/mol. The molecule has 4 aromatic rings. The van der Waals surface area contributed by atoms with Gasteiger partial charge in [-0.1, -0.05) is 0 Å². The average molecular weight is 404 g/mol. The number of aryl methyl sites for hydroxylation is 2. The first-order valence-corrected chi connectivity index (χ1v) is 10.3. The molecule has 0 spiro atoms. The van der Waals surface area contributed by atoms with Crippen LogP contribution in [0.25, 0.3) is 16.9 Å². The van der Waals surface area contributed by atoms with Crippen molar-refractivity contribution in [2.24, 2.45) is 0 Å². The van der Waals surface area contributed by atoms with E-state index < -0.39 is 0 Å². The largest absolute Gasteiger partial charge is 0.367 e. The van der Waals surface area contributed by atoms with Crippen LogP contribution in [0.15, 0.2) is 41.6 Å². The molecule has 0 bridgehead atoms. The summed E-state index contributed by atoms with van der Waals surface area (Å²) in [6.07, 6.45) is 7.09. The lowest BCUT2D eigenvalue weighted by Crippen LogP contribution is -2.33. The zero-order valence-corrected chi connectivity index (χ0v) is 17.0. The lowest BCUT2D eigenvalue weighted by atomic mass is 9.91. The van der Waals surface area contributed by atoms with E-state index in [1.165, 1.54) is 0 Å². The summed E-state index contributed by atoms with van der Waals surface area (Å²) in [5, 5.41) is 13.7. The fourth-order valence-electron chi connectivity index (χ4n) is 4.30. The number of hydrogen-bond donors (Lipinski definition) is 2. The molecule has 0 saturated heterocycles. The van der Waals surface area contributed by atoms with E-state index >= 15 is 0 Å². The van der Waals surface area contributed by atoms with Gasteiger partial charge in [-0.2, -0.15) is 5.10 Å². The van der Waals surface area contributed by atoms with Crippen LogP contribution >= 0.6 is 0 Å². The maximum Gasteiger partial charge on any atom is 0.267 e. The van der Waals surface area contributed by atoms with Gasteiger partial charge in [0.05, 0.1) is 17.1 Å². The molecule has 1 aliphatic rings. The molecule has 9 nitrogen and oxygen atoms in total. The number of rotatable bonds is 4. The molecule has 4 aromatic heterocycles. The molecule has 0 atom stereocenters. The van der Waals surface area contributed by atoms with E-state index in [0.717, 1.165) is 53.9 Å². The van der Waals surface area contributed by atoms with Crippen LogP contribution in [0, 0.1) is 13.8 Å². The highest BCUT2D eigenvalue weighted by Crippen LogP contribution is 2.30. The number of anilines is 1. The van der Waals surface area contributed by atoms with Crippen LogP contribution in [0.1, 0.15) is 43.1 Å². The molecule has 0 unspecified atom stereocenters. The third-order valence-corrected chi connectivity index (χ3v) is 5.77. The van der Waals surface area contributed by atoms with Crippen molar-refractivity contribution in [1.29, 1.82) is 0 Å². The van der Waals surface area contributed by atoms with Gasteiger partial charge in [0.25, 0.3) is 5.56 Å². The van der Waals surface area contributed by atoms with Crippen LogP contribution in [-0.4, -0.2) is 40.6 Å². The van der Waals surface area contributed by atoms with Crippen LogP contribution < -0.4 is 10.9 Å². The topological polar surface area (TPSA) is 106 Å². The highest BCUT2D eigenvalue weighted by molar-refractivity contribution is 5.86. The Morgan fingerprint density at radius 2 is 1.90 bits per heavy atom. The summed E-state index contributed by atoms with van der Waals surface area (Å²) < 4.78 is 3.42. The lowest BCUT2D eigenvalue weighted by Gasteiger charge is -2.30. The van der Waals surface area contributed by atoms with Gasteiger partial charge in [0.15, 0.2) is 5.82 Å². The molecular formula is C21H24N8O. The van der Waals surface area contributed by atoms with E-state index in [0.29, 0.717) is 11.9 Å². The Bertz CT molecular complexity index is 1250. The number of H-pyrrole nitrogens is 1. The van der Waals surface area contributed by atoms with Gasteiger partial charge in [0.2, 0.25) is 0 Å². The highest BCUT2D eigenvalue weighted by Gasteiger charge is 2.25. The summed E-state index contributed by atoms with van der Waals surface area (Å²) in [6.45, 7) is 3.94. The lowest BCUT2D eigenvalue weighted by molar-refractivity contribution is 0.302. The summed E-state index contributed by atoms with van der Waals surface area (Å²) in [7, 11) is 0. The van der Waals surface area contributed by atoms with E-state index in [4.69, 9.17) is 0 Å². The molecule has 0 radical (unpaired) electrons. The summed E-state index contributed by atoms with van der Waals surface area (Å²) in [5.74, 6) is 1.53. The quantitative estimate of drug-likeness (QED) is 0.542. The van der Waals surface area contributed by atoms with Crippen molar-refractivity contribution in [3.05, 3.63) is 58.5 Å². The zero-order chi connectivity index (χ0) is 20.7. The van der Waals surface area contributed by atoms with Crippen molar-refractivity contribution in [3.63, 3.8) is 0 Å². The Labute approximate surface area is 173 Å². The fraction of sp³-hybridized carbons (Fsp3) is 0.381. The molecule has 0 aliphatic heterocycles. The SMILES string of the molecule is Cc1cc(C)n(-c2ccc(=O)n(C3CCC(Nc4ncnc5[nH]ccc45)CC3)n2)n1. The maximum atomic E-state index is 12.5. The molecule has 1 saturated carbocycles. The standard InChI is InChI=1S/C21H24N8O/c1-13-11-14(2)28(26-13)18-7-8-19(30)29(27-18)16-5-3-15(4-6-16)25-21-17-9-10-22-20(17)23-12-24-21/h7-12,15-16H,3-6H2,1-2H3,(H2,22,23,24,25). The number of nitrogens with one attached hydrogen (secondary N) is 2. The summed E-state index contributed by atoms with van der Waals surface area (Å²) in [4.78, 5) is 24.3. The van der Waals surface area contributed by atoms with Crippen LogP contribution in [0.3, 0.4) is 0 Å². The molecule has 1 fully saturated rings. The molecule has 9 heteroatoms. The van der Waals surface area contributed by atoms with Crippen molar-refractivity contribution in [3.8, 4) is 5.82 Å². The maximum absolute atomic E-state index is 12.5. The van der Waals surface area contributed by atoms with Crippen molar-refractivity contribution in [2.45, 2.75) is 51.6 Å². The van der Waals surface area contributed by atoms with Crippen LogP contribution in [0.2, 0.25) is 0 Å². The van der Waals surface area contributed by atoms with Gasteiger partial charge in [-0.25, -0.2) is 19.3 Å². The highest BCUT2D eigenvalue weighted by atomic mass is 16.1. The summed E-state index contributed by atoms with van der Waals surface area (Å²) in [6, 6.07) is 7.71. The minimum absolute atomic E-state index is 0.0680. The zero-order valence-electron chi connectivity index (χ0n) is 17.0. The minimum atomic E-state index is -0.0680.